The second-order valence-corrected chi connectivity index (χ2v) is 2.64. The summed E-state index contributed by atoms with van der Waals surface area (Å²) in [6.07, 6.45) is 0.661. The highest BCUT2D eigenvalue weighted by atomic mass is 19.1. The fraction of sp³-hybridized carbons (Fsp3) is 0.417. The molecule has 0 aliphatic heterocycles. The first-order valence-electron chi connectivity index (χ1n) is 5.09. The molecule has 0 fully saturated rings. The number of benzene rings is 1. The first-order valence-corrected chi connectivity index (χ1v) is 5.09. The van der Waals surface area contributed by atoms with Crippen LogP contribution in [0.2, 0.25) is 0 Å². The van der Waals surface area contributed by atoms with Crippen molar-refractivity contribution in [3.63, 3.8) is 0 Å². The van der Waals surface area contributed by atoms with Crippen LogP contribution in [0.25, 0.3) is 0 Å². The molecule has 0 amide bonds. The van der Waals surface area contributed by atoms with E-state index in [9.17, 15) is 8.78 Å². The zero-order valence-electron chi connectivity index (χ0n) is 10.1. The number of hydrogen-bond donors (Lipinski definition) is 1. The molecular formula is C12H18F2O2. The quantitative estimate of drug-likeness (QED) is 0.752. The van der Waals surface area contributed by atoms with Gasteiger partial charge in [0.2, 0.25) is 0 Å². The lowest BCUT2D eigenvalue weighted by atomic mass is 10.1. The van der Waals surface area contributed by atoms with Crippen molar-refractivity contribution in [3.05, 3.63) is 34.9 Å². The fourth-order valence-corrected chi connectivity index (χ4v) is 0.902. The number of hydrogen-bond acceptors (Lipinski definition) is 1. The average Bonchev–Trinajstić information content (AvgIpc) is 2.29. The molecule has 0 heterocycles. The molecule has 0 atom stereocenters. The van der Waals surface area contributed by atoms with E-state index in [2.05, 4.69) is 0 Å². The van der Waals surface area contributed by atoms with Gasteiger partial charge in [-0.15, -0.1) is 0 Å². The maximum Gasteiger partial charge on any atom is 0.290 e. The predicted molar refractivity (Wildman–Crippen MR) is 60.5 cm³/mol. The number of rotatable bonds is 1. The smallest absolute Gasteiger partial charge is 0.290 e. The zero-order valence-corrected chi connectivity index (χ0v) is 10.1. The summed E-state index contributed by atoms with van der Waals surface area (Å²) in [6, 6.07) is 2.75. The third-order valence-corrected chi connectivity index (χ3v) is 1.75. The van der Waals surface area contributed by atoms with Gasteiger partial charge in [-0.2, -0.15) is 0 Å². The summed E-state index contributed by atoms with van der Waals surface area (Å²) in [7, 11) is 0. The van der Waals surface area contributed by atoms with Crippen molar-refractivity contribution in [1.29, 1.82) is 0 Å². The van der Waals surface area contributed by atoms with Gasteiger partial charge in [-0.1, -0.05) is 20.8 Å². The summed E-state index contributed by atoms with van der Waals surface area (Å²) in [6.45, 7) is 7.05. The van der Waals surface area contributed by atoms with Gasteiger partial charge < -0.3 is 5.11 Å². The molecule has 92 valence electrons. The van der Waals surface area contributed by atoms with Crippen LogP contribution in [0.5, 0.6) is 0 Å². The highest BCUT2D eigenvalue weighted by Gasteiger charge is 2.04. The molecule has 1 aromatic rings. The summed E-state index contributed by atoms with van der Waals surface area (Å²) < 4.78 is 25.6. The largest absolute Gasteiger partial charge is 0.483 e. The molecule has 0 aliphatic rings. The van der Waals surface area contributed by atoms with E-state index in [0.29, 0.717) is 12.0 Å². The third kappa shape index (κ3) is 6.11. The van der Waals surface area contributed by atoms with Gasteiger partial charge in [-0.05, 0) is 31.0 Å². The third-order valence-electron chi connectivity index (χ3n) is 1.75. The Balaban J connectivity index is 0. The maximum atomic E-state index is 12.8. The Bertz CT molecular complexity index is 289. The molecule has 0 unspecified atom stereocenters. The van der Waals surface area contributed by atoms with Crippen LogP contribution in [0.3, 0.4) is 0 Å². The van der Waals surface area contributed by atoms with Crippen LogP contribution in [0, 0.1) is 18.6 Å². The van der Waals surface area contributed by atoms with Gasteiger partial charge in [-0.3, -0.25) is 4.79 Å². The van der Waals surface area contributed by atoms with Crippen molar-refractivity contribution in [1.82, 2.24) is 0 Å². The Kier molecular flexibility index (Phi) is 10.7. The highest BCUT2D eigenvalue weighted by Crippen LogP contribution is 2.14. The monoisotopic (exact) mass is 232 g/mol. The Morgan fingerprint density at radius 1 is 1.25 bits per heavy atom. The van der Waals surface area contributed by atoms with Crippen molar-refractivity contribution < 1.29 is 18.7 Å². The van der Waals surface area contributed by atoms with E-state index in [0.717, 1.165) is 0 Å². The molecule has 16 heavy (non-hydrogen) atoms. The van der Waals surface area contributed by atoms with Crippen molar-refractivity contribution in [2.24, 2.45) is 0 Å². The van der Waals surface area contributed by atoms with Gasteiger partial charge in [0.25, 0.3) is 6.47 Å². The van der Waals surface area contributed by atoms with Crippen molar-refractivity contribution in [2.45, 2.75) is 34.1 Å². The molecular weight excluding hydrogens is 214 g/mol. The average molecular weight is 232 g/mol. The van der Waals surface area contributed by atoms with E-state index in [1.165, 1.54) is 19.1 Å². The van der Waals surface area contributed by atoms with E-state index in [4.69, 9.17) is 9.90 Å². The van der Waals surface area contributed by atoms with Crippen LogP contribution in [-0.4, -0.2) is 11.6 Å². The van der Waals surface area contributed by atoms with Crippen molar-refractivity contribution in [3.8, 4) is 0 Å². The van der Waals surface area contributed by atoms with Crippen LogP contribution < -0.4 is 0 Å². The van der Waals surface area contributed by atoms with Gasteiger partial charge in [0.15, 0.2) is 0 Å². The van der Waals surface area contributed by atoms with E-state index < -0.39 is 11.6 Å². The molecule has 1 aromatic carbocycles. The van der Waals surface area contributed by atoms with Gasteiger partial charge >= 0.3 is 0 Å². The Hall–Kier alpha value is -1.45. The van der Waals surface area contributed by atoms with E-state index >= 15 is 0 Å². The molecule has 0 saturated heterocycles. The lowest BCUT2D eigenvalue weighted by Gasteiger charge is -2.01. The van der Waals surface area contributed by atoms with Crippen LogP contribution >= 0.6 is 0 Å². The minimum absolute atomic E-state index is 0.0993. The van der Waals surface area contributed by atoms with E-state index in [1.54, 1.807) is 0 Å². The summed E-state index contributed by atoms with van der Waals surface area (Å²) in [5.74, 6) is -0.913. The predicted octanol–water partition coefficient (Wildman–Crippen LogP) is 3.56. The molecule has 0 spiro atoms. The van der Waals surface area contributed by atoms with Gasteiger partial charge in [-0.25, -0.2) is 8.78 Å². The van der Waals surface area contributed by atoms with E-state index in [-0.39, 0.29) is 12.0 Å². The molecule has 2 nitrogen and oxygen atoms in total. The number of halogens is 2. The number of carbonyl (C=O) groups is 1. The second kappa shape index (κ2) is 10.1. The zero-order chi connectivity index (χ0) is 13.1. The summed E-state index contributed by atoms with van der Waals surface area (Å²) in [4.78, 5) is 8.36. The maximum absolute atomic E-state index is 12.8. The molecule has 1 rings (SSSR count). The Morgan fingerprint density at radius 3 is 1.81 bits per heavy atom. The number of carboxylic acid groups (broad SMARTS) is 1. The van der Waals surface area contributed by atoms with Crippen LogP contribution in [-0.2, 0) is 11.2 Å². The fourth-order valence-electron chi connectivity index (χ4n) is 0.902. The summed E-state index contributed by atoms with van der Waals surface area (Å²) >= 11 is 0. The van der Waals surface area contributed by atoms with E-state index in [1.807, 2.05) is 20.8 Å². The summed E-state index contributed by atoms with van der Waals surface area (Å²) in [5.41, 5.74) is 0.799. The molecule has 0 saturated carbocycles. The lowest BCUT2D eigenvalue weighted by molar-refractivity contribution is -0.122. The first-order chi connectivity index (χ1) is 7.56. The van der Waals surface area contributed by atoms with Crippen molar-refractivity contribution in [2.75, 3.05) is 0 Å². The molecule has 0 aliphatic carbocycles. The molecule has 1 N–H and O–H groups in total. The normalized spacial score (nSPS) is 8.12. The summed E-state index contributed by atoms with van der Waals surface area (Å²) in [5, 5.41) is 6.89. The minimum Gasteiger partial charge on any atom is -0.483 e. The molecule has 4 heteroatoms. The minimum atomic E-state index is -0.457. The SMILES string of the molecule is CC.CCc1cc(F)c(C)c(F)c1.O=CO. The lowest BCUT2D eigenvalue weighted by Crippen LogP contribution is -1.91. The Labute approximate surface area is 94.9 Å². The molecule has 0 bridgehead atoms. The Morgan fingerprint density at radius 2 is 1.56 bits per heavy atom. The first kappa shape index (κ1) is 17.0. The molecule has 0 radical (unpaired) electrons. The van der Waals surface area contributed by atoms with Crippen LogP contribution in [0.1, 0.15) is 31.9 Å². The van der Waals surface area contributed by atoms with Gasteiger partial charge in [0.05, 0.1) is 0 Å². The standard InChI is InChI=1S/C9H10F2.C2H6.CH2O2/c1-3-7-4-8(10)6(2)9(11)5-7;1-2;2-1-3/h4-5H,3H2,1-2H3;1-2H3;1H,(H,2,3). The topological polar surface area (TPSA) is 37.3 Å². The second-order valence-electron chi connectivity index (χ2n) is 2.64. The van der Waals surface area contributed by atoms with Crippen LogP contribution in [0.15, 0.2) is 12.1 Å². The highest BCUT2D eigenvalue weighted by molar-refractivity contribution is 5.32. The van der Waals surface area contributed by atoms with Gasteiger partial charge in [0, 0.05) is 5.56 Å². The molecule has 0 aromatic heterocycles. The van der Waals surface area contributed by atoms with Crippen molar-refractivity contribution >= 4 is 6.47 Å². The number of aryl methyl sites for hydroxylation is 1. The van der Waals surface area contributed by atoms with Crippen LogP contribution in [0.4, 0.5) is 8.78 Å². The van der Waals surface area contributed by atoms with Gasteiger partial charge in [0.1, 0.15) is 11.6 Å².